The summed E-state index contributed by atoms with van der Waals surface area (Å²) in [5.74, 6) is 0.856. The van der Waals surface area contributed by atoms with Crippen molar-refractivity contribution in [3.63, 3.8) is 0 Å². The van der Waals surface area contributed by atoms with Crippen molar-refractivity contribution in [3.8, 4) is 0 Å². The molecule has 0 amide bonds. The van der Waals surface area contributed by atoms with Gasteiger partial charge in [0.05, 0.1) is 13.0 Å². The summed E-state index contributed by atoms with van der Waals surface area (Å²) in [6.45, 7) is 6.65. The molecule has 3 atom stereocenters. The lowest BCUT2D eigenvalue weighted by Crippen LogP contribution is -2.52. The summed E-state index contributed by atoms with van der Waals surface area (Å²) in [5.41, 5.74) is 5.98. The van der Waals surface area contributed by atoms with Crippen molar-refractivity contribution < 1.29 is 9.53 Å². The van der Waals surface area contributed by atoms with Gasteiger partial charge in [-0.1, -0.05) is 26.7 Å². The van der Waals surface area contributed by atoms with Crippen LogP contribution in [-0.4, -0.2) is 18.1 Å². The summed E-state index contributed by atoms with van der Waals surface area (Å²) in [6, 6.07) is 0. The lowest BCUT2D eigenvalue weighted by atomic mass is 9.67. The minimum Gasteiger partial charge on any atom is -0.466 e. The summed E-state index contributed by atoms with van der Waals surface area (Å²) in [4.78, 5) is 11.5. The molecular weight excluding hydrogens is 190 g/mol. The fraction of sp³-hybridized carbons (Fsp3) is 0.917. The minimum atomic E-state index is -0.343. The zero-order valence-corrected chi connectivity index (χ0v) is 10.1. The quantitative estimate of drug-likeness (QED) is 0.730. The highest BCUT2D eigenvalue weighted by atomic mass is 16.5. The minimum absolute atomic E-state index is 0.152. The Labute approximate surface area is 92.4 Å². The Hall–Kier alpha value is -0.570. The van der Waals surface area contributed by atoms with E-state index in [4.69, 9.17) is 10.5 Å². The standard InChI is InChI=1S/C12H23NO2/c1-4-15-11(14)8-12(13)7-5-6-9(2)10(12)3/h9-10H,4-8,13H2,1-3H3. The highest BCUT2D eigenvalue weighted by Gasteiger charge is 2.40. The maximum absolute atomic E-state index is 11.5. The second-order valence-electron chi connectivity index (χ2n) is 4.87. The van der Waals surface area contributed by atoms with Gasteiger partial charge >= 0.3 is 5.97 Å². The van der Waals surface area contributed by atoms with Gasteiger partial charge in [0.1, 0.15) is 0 Å². The van der Waals surface area contributed by atoms with Crippen LogP contribution in [0.5, 0.6) is 0 Å². The predicted molar refractivity (Wildman–Crippen MR) is 60.3 cm³/mol. The normalized spacial score (nSPS) is 36.3. The Bertz CT molecular complexity index is 230. The molecule has 0 bridgehead atoms. The van der Waals surface area contributed by atoms with Crippen LogP contribution in [0, 0.1) is 11.8 Å². The molecule has 0 radical (unpaired) electrons. The third kappa shape index (κ3) is 2.94. The molecule has 3 nitrogen and oxygen atoms in total. The molecule has 1 saturated carbocycles. The van der Waals surface area contributed by atoms with Crippen LogP contribution >= 0.6 is 0 Å². The van der Waals surface area contributed by atoms with E-state index in [1.165, 1.54) is 6.42 Å². The zero-order valence-electron chi connectivity index (χ0n) is 10.1. The molecular formula is C12H23NO2. The highest BCUT2D eigenvalue weighted by molar-refractivity contribution is 5.71. The molecule has 0 aromatic carbocycles. The maximum atomic E-state index is 11.5. The van der Waals surface area contributed by atoms with Gasteiger partial charge in [-0.05, 0) is 25.2 Å². The number of hydrogen-bond donors (Lipinski definition) is 1. The molecule has 15 heavy (non-hydrogen) atoms. The van der Waals surface area contributed by atoms with Crippen LogP contribution in [0.25, 0.3) is 0 Å². The van der Waals surface area contributed by atoms with Crippen molar-refractivity contribution in [2.75, 3.05) is 6.61 Å². The van der Waals surface area contributed by atoms with E-state index in [2.05, 4.69) is 13.8 Å². The van der Waals surface area contributed by atoms with Gasteiger partial charge in [0.15, 0.2) is 0 Å². The fourth-order valence-electron chi connectivity index (χ4n) is 2.53. The SMILES string of the molecule is CCOC(=O)CC1(N)CCCC(C)C1C. The van der Waals surface area contributed by atoms with E-state index in [-0.39, 0.29) is 11.5 Å². The Balaban J connectivity index is 2.59. The van der Waals surface area contributed by atoms with Gasteiger partial charge < -0.3 is 10.5 Å². The third-order valence-electron chi connectivity index (χ3n) is 3.84. The van der Waals surface area contributed by atoms with Crippen molar-refractivity contribution in [3.05, 3.63) is 0 Å². The smallest absolute Gasteiger partial charge is 0.307 e. The zero-order chi connectivity index (χ0) is 11.5. The van der Waals surface area contributed by atoms with Gasteiger partial charge in [-0.25, -0.2) is 0 Å². The predicted octanol–water partition coefficient (Wildman–Crippen LogP) is 2.09. The van der Waals surface area contributed by atoms with Crippen LogP contribution in [-0.2, 0) is 9.53 Å². The van der Waals surface area contributed by atoms with E-state index >= 15 is 0 Å². The summed E-state index contributed by atoms with van der Waals surface area (Å²) in [7, 11) is 0. The first-order valence-electron chi connectivity index (χ1n) is 5.94. The largest absolute Gasteiger partial charge is 0.466 e. The monoisotopic (exact) mass is 213 g/mol. The number of hydrogen-bond acceptors (Lipinski definition) is 3. The average molecular weight is 213 g/mol. The van der Waals surface area contributed by atoms with E-state index in [0.717, 1.165) is 12.8 Å². The van der Waals surface area contributed by atoms with Gasteiger partial charge in [0.2, 0.25) is 0 Å². The van der Waals surface area contributed by atoms with E-state index < -0.39 is 0 Å². The summed E-state index contributed by atoms with van der Waals surface area (Å²) in [5, 5.41) is 0. The lowest BCUT2D eigenvalue weighted by molar-refractivity contribution is -0.145. The van der Waals surface area contributed by atoms with Crippen LogP contribution < -0.4 is 5.73 Å². The van der Waals surface area contributed by atoms with Crippen LogP contribution in [0.15, 0.2) is 0 Å². The highest BCUT2D eigenvalue weighted by Crippen LogP contribution is 2.38. The van der Waals surface area contributed by atoms with Crippen molar-refractivity contribution >= 4 is 5.97 Å². The first-order chi connectivity index (χ1) is 6.99. The van der Waals surface area contributed by atoms with Gasteiger partial charge in [-0.2, -0.15) is 0 Å². The molecule has 0 spiro atoms. The molecule has 0 aromatic heterocycles. The first kappa shape index (κ1) is 12.5. The molecule has 3 unspecified atom stereocenters. The van der Waals surface area contributed by atoms with Gasteiger partial charge in [0, 0.05) is 5.54 Å². The topological polar surface area (TPSA) is 52.3 Å². The number of rotatable bonds is 3. The number of nitrogens with two attached hydrogens (primary N) is 1. The van der Waals surface area contributed by atoms with Gasteiger partial charge in [-0.3, -0.25) is 4.79 Å². The summed E-state index contributed by atoms with van der Waals surface area (Å²) in [6.07, 6.45) is 3.66. The molecule has 0 heterocycles. The number of esters is 1. The lowest BCUT2D eigenvalue weighted by Gasteiger charge is -2.42. The first-order valence-corrected chi connectivity index (χ1v) is 5.94. The van der Waals surface area contributed by atoms with Crippen molar-refractivity contribution in [1.29, 1.82) is 0 Å². The number of carbonyl (C=O) groups is 1. The Morgan fingerprint density at radius 3 is 2.80 bits per heavy atom. The van der Waals surface area contributed by atoms with Crippen LogP contribution in [0.1, 0.15) is 46.5 Å². The van der Waals surface area contributed by atoms with Gasteiger partial charge in [-0.15, -0.1) is 0 Å². The van der Waals surface area contributed by atoms with E-state index in [1.54, 1.807) is 0 Å². The number of ether oxygens (including phenoxy) is 1. The molecule has 88 valence electrons. The van der Waals surface area contributed by atoms with Crippen LogP contribution in [0.3, 0.4) is 0 Å². The molecule has 3 heteroatoms. The fourth-order valence-corrected chi connectivity index (χ4v) is 2.53. The molecule has 0 saturated heterocycles. The van der Waals surface area contributed by atoms with Crippen LogP contribution in [0.4, 0.5) is 0 Å². The number of carbonyl (C=O) groups excluding carboxylic acids is 1. The summed E-state index contributed by atoms with van der Waals surface area (Å²) >= 11 is 0. The van der Waals surface area contributed by atoms with E-state index in [0.29, 0.717) is 24.9 Å². The molecule has 1 rings (SSSR count). The Morgan fingerprint density at radius 1 is 1.53 bits per heavy atom. The van der Waals surface area contributed by atoms with Gasteiger partial charge in [0.25, 0.3) is 0 Å². The molecule has 0 aromatic rings. The second-order valence-corrected chi connectivity index (χ2v) is 4.87. The van der Waals surface area contributed by atoms with Crippen LogP contribution in [0.2, 0.25) is 0 Å². The van der Waals surface area contributed by atoms with E-state index in [9.17, 15) is 4.79 Å². The Kier molecular flexibility index (Phi) is 4.14. The molecule has 1 aliphatic rings. The molecule has 1 fully saturated rings. The molecule has 1 aliphatic carbocycles. The van der Waals surface area contributed by atoms with Crippen molar-refractivity contribution in [1.82, 2.24) is 0 Å². The molecule has 0 aliphatic heterocycles. The van der Waals surface area contributed by atoms with Crippen molar-refractivity contribution in [2.45, 2.75) is 52.0 Å². The second kappa shape index (κ2) is 4.97. The average Bonchev–Trinajstić information content (AvgIpc) is 2.14. The molecule has 2 N–H and O–H groups in total. The summed E-state index contributed by atoms with van der Waals surface area (Å²) < 4.78 is 4.97. The van der Waals surface area contributed by atoms with Crippen molar-refractivity contribution in [2.24, 2.45) is 17.6 Å². The maximum Gasteiger partial charge on any atom is 0.307 e. The van der Waals surface area contributed by atoms with E-state index in [1.807, 2.05) is 6.92 Å². The Morgan fingerprint density at radius 2 is 2.20 bits per heavy atom. The third-order valence-corrected chi connectivity index (χ3v) is 3.84.